The van der Waals surface area contributed by atoms with Crippen LogP contribution >= 0.6 is 0 Å². The lowest BCUT2D eigenvalue weighted by molar-refractivity contribution is -0.235. The van der Waals surface area contributed by atoms with Crippen LogP contribution in [0.5, 0.6) is 0 Å². The molecule has 4 saturated carbocycles. The number of carbonyl (C=O) groups is 4. The van der Waals surface area contributed by atoms with Gasteiger partial charge in [0.05, 0.1) is 17.8 Å². The SMILES string of the molecule is CNCC(OC(=O)C(C)C)C12CCC3(C)C(CCC4C5(C)CCC(OC(=O)CC(C)(C)C(=O)O)C(C)(C)C5CCC43C)C1=C(C(C)C)C(=O)C2. The van der Waals surface area contributed by atoms with E-state index >= 15 is 0 Å². The molecule has 9 atom stereocenters. The lowest BCUT2D eigenvalue weighted by atomic mass is 9.33. The Morgan fingerprint density at radius 2 is 1.56 bits per heavy atom. The van der Waals surface area contributed by atoms with Gasteiger partial charge in [-0.2, -0.15) is 0 Å². The summed E-state index contributed by atoms with van der Waals surface area (Å²) >= 11 is 0. The number of carbonyl (C=O) groups excluding carboxylic acids is 3. The highest BCUT2D eigenvalue weighted by atomic mass is 16.5. The Balaban J connectivity index is 1.49. The second-order valence-electron chi connectivity index (χ2n) is 19.7. The van der Waals surface area contributed by atoms with Gasteiger partial charge in [0, 0.05) is 23.8 Å². The van der Waals surface area contributed by atoms with E-state index < -0.39 is 22.8 Å². The van der Waals surface area contributed by atoms with Crippen molar-refractivity contribution in [2.75, 3.05) is 13.6 Å². The molecule has 0 heterocycles. The molecule has 0 spiro atoms. The van der Waals surface area contributed by atoms with E-state index in [2.05, 4.69) is 53.8 Å². The Kier molecular flexibility index (Phi) is 10.2. The fourth-order valence-corrected chi connectivity index (χ4v) is 12.7. The number of carboxylic acid groups (broad SMARTS) is 1. The third-order valence-electron chi connectivity index (χ3n) is 15.6. The van der Waals surface area contributed by atoms with Crippen LogP contribution in [-0.2, 0) is 28.7 Å². The van der Waals surface area contributed by atoms with Crippen molar-refractivity contribution in [1.29, 1.82) is 0 Å². The van der Waals surface area contributed by atoms with Gasteiger partial charge < -0.3 is 19.9 Å². The Bertz CT molecular complexity index is 1430. The van der Waals surface area contributed by atoms with Crippen molar-refractivity contribution in [3.05, 3.63) is 11.1 Å². The van der Waals surface area contributed by atoms with Gasteiger partial charge in [0.25, 0.3) is 0 Å². The maximum atomic E-state index is 14.1. The minimum Gasteiger partial charge on any atom is -0.481 e. The summed E-state index contributed by atoms with van der Waals surface area (Å²) in [6.07, 6.45) is 7.47. The number of nitrogens with one attached hydrogen (secondary N) is 1. The molecule has 9 unspecified atom stereocenters. The van der Waals surface area contributed by atoms with Crippen molar-refractivity contribution in [1.82, 2.24) is 5.32 Å². The van der Waals surface area contributed by atoms with Crippen molar-refractivity contribution in [3.63, 3.8) is 0 Å². The van der Waals surface area contributed by atoms with Crippen LogP contribution in [0, 0.1) is 62.1 Å². The zero-order chi connectivity index (χ0) is 37.4. The topological polar surface area (TPSA) is 119 Å². The van der Waals surface area contributed by atoms with Crippen LogP contribution in [0.25, 0.3) is 0 Å². The first-order valence-electron chi connectivity index (χ1n) is 19.6. The summed E-state index contributed by atoms with van der Waals surface area (Å²) in [6, 6.07) is 0. The molecular formula is C42H67NO7. The predicted octanol–water partition coefficient (Wildman–Crippen LogP) is 8.17. The van der Waals surface area contributed by atoms with Crippen LogP contribution in [0.2, 0.25) is 0 Å². The summed E-state index contributed by atoms with van der Waals surface area (Å²) < 4.78 is 12.5. The van der Waals surface area contributed by atoms with Gasteiger partial charge >= 0.3 is 17.9 Å². The first kappa shape index (κ1) is 39.0. The highest BCUT2D eigenvalue weighted by Gasteiger charge is 2.71. The van der Waals surface area contributed by atoms with E-state index in [0.29, 0.717) is 24.8 Å². The van der Waals surface area contributed by atoms with Gasteiger partial charge in [-0.1, -0.05) is 62.3 Å². The molecule has 8 heteroatoms. The largest absolute Gasteiger partial charge is 0.481 e. The van der Waals surface area contributed by atoms with Crippen molar-refractivity contribution in [2.45, 2.75) is 153 Å². The Morgan fingerprint density at radius 1 is 0.900 bits per heavy atom. The monoisotopic (exact) mass is 697 g/mol. The zero-order valence-electron chi connectivity index (χ0n) is 33.2. The molecule has 4 fully saturated rings. The van der Waals surface area contributed by atoms with Crippen molar-refractivity contribution in [2.24, 2.45) is 62.1 Å². The Hall–Kier alpha value is -2.22. The van der Waals surface area contributed by atoms with Gasteiger partial charge in [0.2, 0.25) is 0 Å². The molecule has 0 aliphatic heterocycles. The number of Topliss-reactive ketones (excluding diaryl/α,β-unsaturated/α-hetero) is 1. The Morgan fingerprint density at radius 3 is 2.14 bits per heavy atom. The smallest absolute Gasteiger partial charge is 0.309 e. The van der Waals surface area contributed by atoms with E-state index in [1.165, 1.54) is 5.57 Å². The lowest BCUT2D eigenvalue weighted by Crippen LogP contribution is -2.66. The summed E-state index contributed by atoms with van der Waals surface area (Å²) in [5, 5.41) is 12.9. The number of carboxylic acids is 1. The molecule has 5 aliphatic rings. The molecule has 282 valence electrons. The van der Waals surface area contributed by atoms with E-state index in [1.54, 1.807) is 13.8 Å². The summed E-state index contributed by atoms with van der Waals surface area (Å²) in [5.41, 5.74) is 0.516. The highest BCUT2D eigenvalue weighted by Crippen LogP contribution is 2.77. The molecule has 2 N–H and O–H groups in total. The van der Waals surface area contributed by atoms with Crippen LogP contribution in [0.3, 0.4) is 0 Å². The lowest BCUT2D eigenvalue weighted by Gasteiger charge is -2.72. The number of hydrogen-bond donors (Lipinski definition) is 2. The summed E-state index contributed by atoms with van der Waals surface area (Å²) in [7, 11) is 1.91. The van der Waals surface area contributed by atoms with Gasteiger partial charge in [-0.15, -0.1) is 0 Å². The quantitative estimate of drug-likeness (QED) is 0.220. The summed E-state index contributed by atoms with van der Waals surface area (Å²) in [6.45, 7) is 23.9. The minimum atomic E-state index is -1.17. The van der Waals surface area contributed by atoms with Crippen molar-refractivity contribution in [3.8, 4) is 0 Å². The van der Waals surface area contributed by atoms with Gasteiger partial charge in [0.15, 0.2) is 5.78 Å². The molecule has 5 aliphatic carbocycles. The van der Waals surface area contributed by atoms with Crippen LogP contribution < -0.4 is 5.32 Å². The zero-order valence-corrected chi connectivity index (χ0v) is 33.2. The summed E-state index contributed by atoms with van der Waals surface area (Å²) in [5.74, 6) is -0.404. The number of hydrogen-bond acceptors (Lipinski definition) is 7. The average molecular weight is 698 g/mol. The maximum absolute atomic E-state index is 14.1. The van der Waals surface area contributed by atoms with Gasteiger partial charge in [-0.3, -0.25) is 19.2 Å². The van der Waals surface area contributed by atoms with Crippen LogP contribution in [0.1, 0.15) is 140 Å². The molecule has 0 radical (unpaired) electrons. The fourth-order valence-electron chi connectivity index (χ4n) is 12.7. The molecule has 0 aromatic heterocycles. The number of ketones is 1. The first-order valence-corrected chi connectivity index (χ1v) is 19.6. The fraction of sp³-hybridized carbons (Fsp3) is 0.857. The molecule has 0 aromatic rings. The summed E-state index contributed by atoms with van der Waals surface area (Å²) in [4.78, 5) is 52.0. The number of fused-ring (bicyclic) bond motifs is 7. The molecule has 0 amide bonds. The van der Waals surface area contributed by atoms with Crippen LogP contribution in [0.15, 0.2) is 11.1 Å². The molecule has 0 aromatic carbocycles. The van der Waals surface area contributed by atoms with Crippen LogP contribution in [0.4, 0.5) is 0 Å². The first-order chi connectivity index (χ1) is 23.0. The van der Waals surface area contributed by atoms with Gasteiger partial charge in [0.1, 0.15) is 12.2 Å². The molecule has 0 bridgehead atoms. The van der Waals surface area contributed by atoms with E-state index in [1.807, 2.05) is 20.9 Å². The average Bonchev–Trinajstić information content (AvgIpc) is 3.31. The van der Waals surface area contributed by atoms with E-state index in [4.69, 9.17) is 9.47 Å². The number of rotatable bonds is 10. The Labute approximate surface area is 301 Å². The molecule has 50 heavy (non-hydrogen) atoms. The van der Waals surface area contributed by atoms with Crippen molar-refractivity contribution < 1.29 is 33.8 Å². The van der Waals surface area contributed by atoms with E-state index in [-0.39, 0.29) is 69.8 Å². The second kappa shape index (κ2) is 13.0. The maximum Gasteiger partial charge on any atom is 0.309 e. The normalized spacial score (nSPS) is 38.6. The van der Waals surface area contributed by atoms with E-state index in [0.717, 1.165) is 56.9 Å². The number of aliphatic carboxylic acids is 1. The number of esters is 2. The predicted molar refractivity (Wildman–Crippen MR) is 194 cm³/mol. The van der Waals surface area contributed by atoms with Gasteiger partial charge in [-0.25, -0.2) is 0 Å². The van der Waals surface area contributed by atoms with E-state index in [9.17, 15) is 24.3 Å². The van der Waals surface area contributed by atoms with Crippen molar-refractivity contribution >= 4 is 23.7 Å². The third kappa shape index (κ3) is 5.80. The minimum absolute atomic E-state index is 0.0182. The standard InChI is InChI=1S/C42H67NO7/c1-24(2)33-27(44)21-42(31(23-43-12)50-35(46)25(3)4)20-19-40(10)26(34(33)42)13-14-29-39(9)17-16-30(49-32(45)22-37(5,6)36(47)48)38(7,8)28(39)15-18-41(29,40)11/h24-26,28-31,43H,13-23H2,1-12H3,(H,47,48). The molecule has 8 nitrogen and oxygen atoms in total. The number of allylic oxidation sites excluding steroid dienone is 1. The molecule has 5 rings (SSSR count). The van der Waals surface area contributed by atoms with Crippen LogP contribution in [-0.4, -0.2) is 54.6 Å². The number of ether oxygens (including phenoxy) is 2. The van der Waals surface area contributed by atoms with Gasteiger partial charge in [-0.05, 0) is 123 Å². The third-order valence-corrected chi connectivity index (χ3v) is 15.6. The molecule has 0 saturated heterocycles. The molecular weight excluding hydrogens is 630 g/mol. The second-order valence-corrected chi connectivity index (χ2v) is 19.7. The number of likely N-dealkylation sites (N-methyl/N-ethyl adjacent to an activating group) is 1. The highest BCUT2D eigenvalue weighted by molar-refractivity contribution is 6.01.